The minimum absolute atomic E-state index is 0.254. The standard InChI is InChI=1S/C13H20O2/c1-6-7-8-13(4)11(3)9-10(2)12(14-5)15-13/h6,9,12H,1-2,7-8H2,3-5H3/t12?,13-/m0/s1. The first-order chi connectivity index (χ1) is 7.03. The van der Waals surface area contributed by atoms with Crippen molar-refractivity contribution in [3.63, 3.8) is 0 Å². The van der Waals surface area contributed by atoms with Crippen molar-refractivity contribution >= 4 is 0 Å². The van der Waals surface area contributed by atoms with Crippen LogP contribution >= 0.6 is 0 Å². The predicted molar refractivity (Wildman–Crippen MR) is 62.6 cm³/mol. The Labute approximate surface area is 92.3 Å². The molecule has 0 fully saturated rings. The summed E-state index contributed by atoms with van der Waals surface area (Å²) in [5.74, 6) is 0. The summed E-state index contributed by atoms with van der Waals surface area (Å²) in [6.07, 6.45) is 5.51. The summed E-state index contributed by atoms with van der Waals surface area (Å²) in [6, 6.07) is 0. The summed E-state index contributed by atoms with van der Waals surface area (Å²) in [6.45, 7) is 11.8. The third kappa shape index (κ3) is 2.58. The van der Waals surface area contributed by atoms with E-state index in [4.69, 9.17) is 9.47 Å². The van der Waals surface area contributed by atoms with Gasteiger partial charge in [-0.3, -0.25) is 0 Å². The lowest BCUT2D eigenvalue weighted by atomic mass is 9.88. The molecule has 0 N–H and O–H groups in total. The van der Waals surface area contributed by atoms with Gasteiger partial charge in [0.1, 0.15) is 0 Å². The molecule has 0 saturated heterocycles. The number of hydrogen-bond acceptors (Lipinski definition) is 2. The molecule has 1 aliphatic heterocycles. The normalized spacial score (nSPS) is 31.3. The van der Waals surface area contributed by atoms with E-state index in [2.05, 4.69) is 33.1 Å². The molecular formula is C13H20O2. The van der Waals surface area contributed by atoms with Crippen molar-refractivity contribution in [2.75, 3.05) is 7.11 Å². The van der Waals surface area contributed by atoms with Crippen LogP contribution < -0.4 is 0 Å². The third-order valence-electron chi connectivity index (χ3n) is 2.95. The fraction of sp³-hybridized carbons (Fsp3) is 0.538. The number of rotatable bonds is 4. The van der Waals surface area contributed by atoms with Crippen LogP contribution in [0.15, 0.2) is 36.5 Å². The van der Waals surface area contributed by atoms with Crippen molar-refractivity contribution in [3.05, 3.63) is 36.5 Å². The molecule has 0 aromatic carbocycles. The van der Waals surface area contributed by atoms with Gasteiger partial charge in [0.25, 0.3) is 0 Å². The van der Waals surface area contributed by atoms with E-state index >= 15 is 0 Å². The van der Waals surface area contributed by atoms with E-state index in [0.29, 0.717) is 0 Å². The summed E-state index contributed by atoms with van der Waals surface area (Å²) >= 11 is 0. The first kappa shape index (κ1) is 12.2. The average molecular weight is 208 g/mol. The Balaban J connectivity index is 2.85. The van der Waals surface area contributed by atoms with E-state index in [1.165, 1.54) is 5.57 Å². The third-order valence-corrected chi connectivity index (χ3v) is 2.95. The maximum absolute atomic E-state index is 5.91. The fourth-order valence-electron chi connectivity index (χ4n) is 1.74. The van der Waals surface area contributed by atoms with Crippen LogP contribution in [0.4, 0.5) is 0 Å². The lowest BCUT2D eigenvalue weighted by Gasteiger charge is -2.38. The Morgan fingerprint density at radius 1 is 1.67 bits per heavy atom. The number of methoxy groups -OCH3 is 1. The Kier molecular flexibility index (Phi) is 3.89. The smallest absolute Gasteiger partial charge is 0.183 e. The number of allylic oxidation sites excluding steroid dienone is 1. The van der Waals surface area contributed by atoms with Gasteiger partial charge >= 0.3 is 0 Å². The second-order valence-electron chi connectivity index (χ2n) is 4.15. The summed E-state index contributed by atoms with van der Waals surface area (Å²) in [4.78, 5) is 0. The Morgan fingerprint density at radius 2 is 2.33 bits per heavy atom. The van der Waals surface area contributed by atoms with Gasteiger partial charge in [0.05, 0.1) is 5.60 Å². The van der Waals surface area contributed by atoms with Crippen molar-refractivity contribution < 1.29 is 9.47 Å². The van der Waals surface area contributed by atoms with Crippen molar-refractivity contribution in [2.24, 2.45) is 0 Å². The molecule has 0 amide bonds. The molecule has 15 heavy (non-hydrogen) atoms. The summed E-state index contributed by atoms with van der Waals surface area (Å²) in [5, 5.41) is 0. The van der Waals surface area contributed by atoms with Gasteiger partial charge in [0, 0.05) is 12.7 Å². The summed E-state index contributed by atoms with van der Waals surface area (Å²) < 4.78 is 11.1. The molecule has 2 heteroatoms. The Hall–Kier alpha value is -0.860. The van der Waals surface area contributed by atoms with Gasteiger partial charge in [-0.1, -0.05) is 18.7 Å². The molecule has 1 unspecified atom stereocenters. The molecule has 0 aliphatic carbocycles. The van der Waals surface area contributed by atoms with E-state index in [0.717, 1.165) is 18.4 Å². The Morgan fingerprint density at radius 3 is 2.87 bits per heavy atom. The minimum Gasteiger partial charge on any atom is -0.352 e. The molecule has 0 spiro atoms. The molecule has 2 nitrogen and oxygen atoms in total. The molecular weight excluding hydrogens is 188 g/mol. The molecule has 0 aromatic heterocycles. The first-order valence-corrected chi connectivity index (χ1v) is 5.22. The van der Waals surface area contributed by atoms with Crippen LogP contribution in [0.1, 0.15) is 26.7 Å². The lowest BCUT2D eigenvalue weighted by molar-refractivity contribution is -0.166. The molecule has 1 aliphatic rings. The predicted octanol–water partition coefficient (Wildman–Crippen LogP) is 3.22. The van der Waals surface area contributed by atoms with Gasteiger partial charge in [-0.25, -0.2) is 0 Å². The molecule has 0 saturated carbocycles. The van der Waals surface area contributed by atoms with Crippen LogP contribution in [-0.4, -0.2) is 19.0 Å². The van der Waals surface area contributed by atoms with Gasteiger partial charge in [0.2, 0.25) is 0 Å². The zero-order valence-corrected chi connectivity index (χ0v) is 9.88. The number of hydrogen-bond donors (Lipinski definition) is 0. The van der Waals surface area contributed by atoms with Gasteiger partial charge in [0.15, 0.2) is 6.29 Å². The Bertz CT molecular complexity index is 291. The molecule has 0 aromatic rings. The molecule has 0 radical (unpaired) electrons. The second kappa shape index (κ2) is 4.77. The quantitative estimate of drug-likeness (QED) is 0.660. The fourth-order valence-corrected chi connectivity index (χ4v) is 1.74. The lowest BCUT2D eigenvalue weighted by Crippen LogP contribution is -2.39. The van der Waals surface area contributed by atoms with Gasteiger partial charge < -0.3 is 9.47 Å². The van der Waals surface area contributed by atoms with Crippen LogP contribution in [0.5, 0.6) is 0 Å². The van der Waals surface area contributed by atoms with E-state index in [-0.39, 0.29) is 11.9 Å². The molecule has 1 heterocycles. The molecule has 84 valence electrons. The van der Waals surface area contributed by atoms with Gasteiger partial charge in [-0.05, 0) is 32.3 Å². The van der Waals surface area contributed by atoms with Crippen LogP contribution in [-0.2, 0) is 9.47 Å². The minimum atomic E-state index is -0.316. The molecule has 1 rings (SSSR count). The molecule has 2 atom stereocenters. The summed E-state index contributed by atoms with van der Waals surface area (Å²) in [7, 11) is 1.64. The summed E-state index contributed by atoms with van der Waals surface area (Å²) in [5.41, 5.74) is 1.82. The highest BCUT2D eigenvalue weighted by molar-refractivity contribution is 5.31. The van der Waals surface area contributed by atoms with Crippen LogP contribution in [0.25, 0.3) is 0 Å². The SMILES string of the molecule is C=CCC[C@]1(C)OC(OC)C(=C)C=C1C. The van der Waals surface area contributed by atoms with Crippen molar-refractivity contribution in [2.45, 2.75) is 38.6 Å². The topological polar surface area (TPSA) is 18.5 Å². The first-order valence-electron chi connectivity index (χ1n) is 5.22. The van der Waals surface area contributed by atoms with E-state index in [1.807, 2.05) is 6.08 Å². The highest BCUT2D eigenvalue weighted by Crippen LogP contribution is 2.35. The van der Waals surface area contributed by atoms with Crippen molar-refractivity contribution in [1.82, 2.24) is 0 Å². The van der Waals surface area contributed by atoms with Crippen molar-refractivity contribution in [3.8, 4) is 0 Å². The molecule has 0 bridgehead atoms. The zero-order valence-electron chi connectivity index (χ0n) is 9.88. The van der Waals surface area contributed by atoms with Gasteiger partial charge in [-0.2, -0.15) is 0 Å². The maximum Gasteiger partial charge on any atom is 0.183 e. The van der Waals surface area contributed by atoms with Crippen LogP contribution in [0.3, 0.4) is 0 Å². The van der Waals surface area contributed by atoms with E-state index < -0.39 is 0 Å². The highest BCUT2D eigenvalue weighted by atomic mass is 16.7. The van der Waals surface area contributed by atoms with E-state index in [1.54, 1.807) is 7.11 Å². The number of ether oxygens (including phenoxy) is 2. The zero-order chi connectivity index (χ0) is 11.5. The average Bonchev–Trinajstić information content (AvgIpc) is 2.21. The largest absolute Gasteiger partial charge is 0.352 e. The van der Waals surface area contributed by atoms with E-state index in [9.17, 15) is 0 Å². The van der Waals surface area contributed by atoms with Crippen LogP contribution in [0, 0.1) is 0 Å². The maximum atomic E-state index is 5.91. The van der Waals surface area contributed by atoms with Gasteiger partial charge in [-0.15, -0.1) is 6.58 Å². The van der Waals surface area contributed by atoms with Crippen LogP contribution in [0.2, 0.25) is 0 Å². The second-order valence-corrected chi connectivity index (χ2v) is 4.15. The monoisotopic (exact) mass is 208 g/mol. The van der Waals surface area contributed by atoms with Crippen molar-refractivity contribution in [1.29, 1.82) is 0 Å². The highest BCUT2D eigenvalue weighted by Gasteiger charge is 2.34.